The molecule has 0 atom stereocenters. The van der Waals surface area contributed by atoms with Crippen LogP contribution in [0.4, 0.5) is 0 Å². The van der Waals surface area contributed by atoms with Crippen LogP contribution in [0, 0.1) is 0 Å². The van der Waals surface area contributed by atoms with Crippen LogP contribution in [0.2, 0.25) is 0 Å². The molecule has 0 unspecified atom stereocenters. The summed E-state index contributed by atoms with van der Waals surface area (Å²) >= 11 is 0. The standard InChI is InChI=1S/C9H10N2O3/c12-7-2-1-4-11(6-7)9(13)8-3-5-14-10-8/h3,5H,1-2,4,6H2. The third kappa shape index (κ3) is 1.66. The Morgan fingerprint density at radius 2 is 2.43 bits per heavy atom. The van der Waals surface area contributed by atoms with E-state index in [1.807, 2.05) is 0 Å². The van der Waals surface area contributed by atoms with Crippen LogP contribution in [-0.2, 0) is 4.79 Å². The minimum absolute atomic E-state index is 0.105. The van der Waals surface area contributed by atoms with Crippen molar-refractivity contribution in [3.8, 4) is 0 Å². The first-order chi connectivity index (χ1) is 6.77. The molecule has 1 fully saturated rings. The zero-order valence-electron chi connectivity index (χ0n) is 7.60. The monoisotopic (exact) mass is 194 g/mol. The zero-order valence-corrected chi connectivity index (χ0v) is 7.60. The van der Waals surface area contributed by atoms with Crippen molar-refractivity contribution in [2.45, 2.75) is 12.8 Å². The van der Waals surface area contributed by atoms with Gasteiger partial charge in [-0.05, 0) is 6.42 Å². The van der Waals surface area contributed by atoms with E-state index in [9.17, 15) is 9.59 Å². The van der Waals surface area contributed by atoms with Gasteiger partial charge in [0.1, 0.15) is 6.26 Å². The van der Waals surface area contributed by atoms with Gasteiger partial charge in [0, 0.05) is 19.0 Å². The number of Topliss-reactive ketones (excluding diaryl/α,β-unsaturated/α-hetero) is 1. The molecule has 1 amide bonds. The average Bonchev–Trinajstić information content (AvgIpc) is 2.69. The summed E-state index contributed by atoms with van der Waals surface area (Å²) in [6.07, 6.45) is 2.66. The predicted octanol–water partition coefficient (Wildman–Crippen LogP) is 0.480. The highest BCUT2D eigenvalue weighted by Gasteiger charge is 2.23. The second-order valence-electron chi connectivity index (χ2n) is 3.25. The molecule has 1 saturated heterocycles. The molecule has 0 aliphatic carbocycles. The van der Waals surface area contributed by atoms with Crippen LogP contribution in [0.25, 0.3) is 0 Å². The van der Waals surface area contributed by atoms with Gasteiger partial charge in [-0.15, -0.1) is 0 Å². The molecule has 1 aromatic heterocycles. The van der Waals surface area contributed by atoms with Gasteiger partial charge in [-0.25, -0.2) is 0 Å². The number of carbonyl (C=O) groups is 2. The van der Waals surface area contributed by atoms with Gasteiger partial charge < -0.3 is 9.42 Å². The van der Waals surface area contributed by atoms with Gasteiger partial charge in [-0.3, -0.25) is 9.59 Å². The van der Waals surface area contributed by atoms with E-state index in [4.69, 9.17) is 0 Å². The fourth-order valence-corrected chi connectivity index (χ4v) is 1.50. The Kier molecular flexibility index (Phi) is 2.30. The Labute approximate surface area is 80.7 Å². The SMILES string of the molecule is O=C1CCCN(C(=O)c2ccon2)C1. The van der Waals surface area contributed by atoms with Crippen LogP contribution in [0.15, 0.2) is 16.9 Å². The Bertz CT molecular complexity index is 345. The highest BCUT2D eigenvalue weighted by atomic mass is 16.5. The molecule has 5 heteroatoms. The molecular weight excluding hydrogens is 184 g/mol. The molecule has 0 spiro atoms. The van der Waals surface area contributed by atoms with Crippen LogP contribution in [0.1, 0.15) is 23.3 Å². The Morgan fingerprint density at radius 3 is 3.07 bits per heavy atom. The maximum Gasteiger partial charge on any atom is 0.276 e. The second-order valence-corrected chi connectivity index (χ2v) is 3.25. The molecule has 1 aliphatic rings. The van der Waals surface area contributed by atoms with Crippen molar-refractivity contribution in [1.82, 2.24) is 10.1 Å². The number of ketones is 1. The van der Waals surface area contributed by atoms with E-state index < -0.39 is 0 Å². The molecule has 0 bridgehead atoms. The van der Waals surface area contributed by atoms with Gasteiger partial charge in [0.2, 0.25) is 0 Å². The maximum absolute atomic E-state index is 11.7. The van der Waals surface area contributed by atoms with Crippen LogP contribution >= 0.6 is 0 Å². The first kappa shape index (κ1) is 8.93. The third-order valence-corrected chi connectivity index (χ3v) is 2.20. The molecule has 0 aromatic carbocycles. The van der Waals surface area contributed by atoms with E-state index >= 15 is 0 Å². The molecule has 0 saturated carbocycles. The summed E-state index contributed by atoms with van der Waals surface area (Å²) in [7, 11) is 0. The summed E-state index contributed by atoms with van der Waals surface area (Å²) in [5, 5.41) is 3.54. The van der Waals surface area contributed by atoms with Crippen LogP contribution in [-0.4, -0.2) is 34.8 Å². The van der Waals surface area contributed by atoms with Gasteiger partial charge >= 0.3 is 0 Å². The van der Waals surface area contributed by atoms with Crippen molar-refractivity contribution in [3.63, 3.8) is 0 Å². The van der Waals surface area contributed by atoms with Crippen molar-refractivity contribution >= 4 is 11.7 Å². The first-order valence-electron chi connectivity index (χ1n) is 4.49. The molecule has 74 valence electrons. The lowest BCUT2D eigenvalue weighted by atomic mass is 10.1. The molecule has 0 N–H and O–H groups in total. The Morgan fingerprint density at radius 1 is 1.57 bits per heavy atom. The lowest BCUT2D eigenvalue weighted by Gasteiger charge is -2.24. The highest BCUT2D eigenvalue weighted by Crippen LogP contribution is 2.09. The summed E-state index contributed by atoms with van der Waals surface area (Å²) in [4.78, 5) is 24.3. The van der Waals surface area contributed by atoms with E-state index in [0.29, 0.717) is 13.0 Å². The van der Waals surface area contributed by atoms with E-state index in [1.165, 1.54) is 17.2 Å². The molecule has 14 heavy (non-hydrogen) atoms. The number of hydrogen-bond donors (Lipinski definition) is 0. The molecule has 2 heterocycles. The van der Waals surface area contributed by atoms with Gasteiger partial charge in [-0.2, -0.15) is 0 Å². The smallest absolute Gasteiger partial charge is 0.276 e. The molecule has 1 aromatic rings. The average molecular weight is 194 g/mol. The largest absolute Gasteiger partial charge is 0.364 e. The predicted molar refractivity (Wildman–Crippen MR) is 46.6 cm³/mol. The summed E-state index contributed by atoms with van der Waals surface area (Å²) in [6, 6.07) is 1.50. The van der Waals surface area contributed by atoms with Crippen molar-refractivity contribution in [1.29, 1.82) is 0 Å². The van der Waals surface area contributed by atoms with Gasteiger partial charge in [0.05, 0.1) is 6.54 Å². The molecule has 0 radical (unpaired) electrons. The Hall–Kier alpha value is -1.65. The maximum atomic E-state index is 11.7. The second kappa shape index (κ2) is 3.61. The Balaban J connectivity index is 2.08. The highest BCUT2D eigenvalue weighted by molar-refractivity contribution is 5.95. The number of aromatic nitrogens is 1. The number of likely N-dealkylation sites (tertiary alicyclic amines) is 1. The zero-order chi connectivity index (χ0) is 9.97. The number of carbonyl (C=O) groups excluding carboxylic acids is 2. The van der Waals surface area contributed by atoms with Crippen LogP contribution < -0.4 is 0 Å². The number of nitrogens with zero attached hydrogens (tertiary/aromatic N) is 2. The van der Waals surface area contributed by atoms with E-state index in [2.05, 4.69) is 9.68 Å². The lowest BCUT2D eigenvalue weighted by molar-refractivity contribution is -0.121. The van der Waals surface area contributed by atoms with Gasteiger partial charge in [0.15, 0.2) is 11.5 Å². The van der Waals surface area contributed by atoms with Crippen molar-refractivity contribution < 1.29 is 14.1 Å². The minimum atomic E-state index is -0.230. The minimum Gasteiger partial charge on any atom is -0.364 e. The molecule has 2 rings (SSSR count). The van der Waals surface area contributed by atoms with Crippen molar-refractivity contribution in [3.05, 3.63) is 18.0 Å². The first-order valence-corrected chi connectivity index (χ1v) is 4.49. The summed E-state index contributed by atoms with van der Waals surface area (Å²) in [6.45, 7) is 0.823. The molecular formula is C9H10N2O3. The van der Waals surface area contributed by atoms with Crippen LogP contribution in [0.5, 0.6) is 0 Å². The topological polar surface area (TPSA) is 63.4 Å². The summed E-state index contributed by atoms with van der Waals surface area (Å²) in [5.74, 6) is -0.125. The number of amides is 1. The fourth-order valence-electron chi connectivity index (χ4n) is 1.50. The molecule has 1 aliphatic heterocycles. The van der Waals surface area contributed by atoms with E-state index in [1.54, 1.807) is 0 Å². The summed E-state index contributed by atoms with van der Waals surface area (Å²) in [5.41, 5.74) is 0.264. The number of rotatable bonds is 1. The number of hydrogen-bond acceptors (Lipinski definition) is 4. The normalized spacial score (nSPS) is 17.1. The van der Waals surface area contributed by atoms with Gasteiger partial charge in [-0.1, -0.05) is 5.16 Å². The van der Waals surface area contributed by atoms with Crippen molar-refractivity contribution in [2.24, 2.45) is 0 Å². The van der Waals surface area contributed by atoms with Crippen LogP contribution in [0.3, 0.4) is 0 Å². The number of piperidine rings is 1. The van der Waals surface area contributed by atoms with E-state index in [0.717, 1.165) is 6.42 Å². The fraction of sp³-hybridized carbons (Fsp3) is 0.444. The van der Waals surface area contributed by atoms with Crippen molar-refractivity contribution in [2.75, 3.05) is 13.1 Å². The van der Waals surface area contributed by atoms with Gasteiger partial charge in [0.25, 0.3) is 5.91 Å². The van der Waals surface area contributed by atoms with E-state index in [-0.39, 0.29) is 23.9 Å². The molecule has 5 nitrogen and oxygen atoms in total. The quantitative estimate of drug-likeness (QED) is 0.652. The summed E-state index contributed by atoms with van der Waals surface area (Å²) < 4.78 is 4.57. The third-order valence-electron chi connectivity index (χ3n) is 2.20. The lowest BCUT2D eigenvalue weighted by Crippen LogP contribution is -2.40.